The lowest BCUT2D eigenvalue weighted by Gasteiger charge is -2.62. The van der Waals surface area contributed by atoms with Gasteiger partial charge in [-0.1, -0.05) is 6.07 Å². The number of benzene rings is 1. The summed E-state index contributed by atoms with van der Waals surface area (Å²) in [5.74, 6) is -0.901. The number of piperidine rings is 1. The van der Waals surface area contributed by atoms with E-state index in [9.17, 15) is 29.4 Å². The Morgan fingerprint density at radius 3 is 2.35 bits per heavy atom. The highest BCUT2D eigenvalue weighted by atomic mass is 16.6. The minimum atomic E-state index is -1.19. The number of likely N-dealkylation sites (tertiary alicyclic amines) is 1. The maximum absolute atomic E-state index is 13.4. The van der Waals surface area contributed by atoms with E-state index in [2.05, 4.69) is 15.5 Å². The highest BCUT2D eigenvalue weighted by molar-refractivity contribution is 5.81. The molecular weight excluding hydrogens is 562 g/mol. The molecule has 4 N–H and O–H groups in total. The van der Waals surface area contributed by atoms with Crippen LogP contribution in [-0.4, -0.2) is 103 Å². The zero-order valence-corrected chi connectivity index (χ0v) is 24.8. The van der Waals surface area contributed by atoms with Crippen LogP contribution in [0, 0.1) is 0 Å². The van der Waals surface area contributed by atoms with Gasteiger partial charge in [0.15, 0.2) is 17.6 Å². The van der Waals surface area contributed by atoms with Crippen LogP contribution in [0.4, 0.5) is 0 Å². The maximum Gasteiger partial charge on any atom is 0.312 e. The van der Waals surface area contributed by atoms with Gasteiger partial charge in [0.1, 0.15) is 23.6 Å². The molecule has 234 valence electrons. The molecule has 2 aliphatic heterocycles. The van der Waals surface area contributed by atoms with Crippen LogP contribution in [0.2, 0.25) is 0 Å². The zero-order chi connectivity index (χ0) is 31.1. The summed E-state index contributed by atoms with van der Waals surface area (Å²) in [6, 6.07) is 3.64. The van der Waals surface area contributed by atoms with Crippen molar-refractivity contribution in [1.29, 1.82) is 0 Å². The number of likely N-dealkylation sites (N-methyl/N-ethyl adjacent to an activating group) is 1. The topological polar surface area (TPSA) is 173 Å². The van der Waals surface area contributed by atoms with Gasteiger partial charge < -0.3 is 39.8 Å². The van der Waals surface area contributed by atoms with Crippen molar-refractivity contribution >= 4 is 23.8 Å². The fraction of sp³-hybridized carbons (Fsp3) is 0.600. The molecule has 6 atom stereocenters. The molecular formula is C30H39N3O10. The van der Waals surface area contributed by atoms with Crippen LogP contribution in [0.5, 0.6) is 11.5 Å². The SMILES string of the molecule is COc1ccc2c3c1OC1C(OC(=O)CCNC(=O)[C@H](C)O)=CC[C@@]4(OC(=O)CCNC(=O)[C@H](C)O)[C@@H](C2)N(C)CCC314. The van der Waals surface area contributed by atoms with Crippen LogP contribution >= 0.6 is 0 Å². The second-order valence-electron chi connectivity index (χ2n) is 11.6. The van der Waals surface area contributed by atoms with E-state index in [4.69, 9.17) is 18.9 Å². The van der Waals surface area contributed by atoms with Crippen molar-refractivity contribution in [2.24, 2.45) is 0 Å². The molecule has 2 unspecified atom stereocenters. The number of carbonyl (C=O) groups is 4. The average molecular weight is 602 g/mol. The van der Waals surface area contributed by atoms with E-state index in [1.165, 1.54) is 13.8 Å². The number of aliphatic hydroxyl groups is 2. The van der Waals surface area contributed by atoms with Crippen molar-refractivity contribution in [3.05, 3.63) is 35.1 Å². The Labute approximate surface area is 249 Å². The van der Waals surface area contributed by atoms with Crippen molar-refractivity contribution in [3.63, 3.8) is 0 Å². The summed E-state index contributed by atoms with van der Waals surface area (Å²) in [5.41, 5.74) is -0.0197. The molecule has 13 nitrogen and oxygen atoms in total. The molecule has 4 aliphatic rings. The molecule has 2 amide bonds. The summed E-state index contributed by atoms with van der Waals surface area (Å²) in [5, 5.41) is 23.9. The van der Waals surface area contributed by atoms with Gasteiger partial charge in [-0.05, 0) is 58.0 Å². The Bertz CT molecular complexity index is 1340. The van der Waals surface area contributed by atoms with Gasteiger partial charge >= 0.3 is 11.9 Å². The molecule has 0 aromatic heterocycles. The fourth-order valence-corrected chi connectivity index (χ4v) is 7.06. The van der Waals surface area contributed by atoms with Crippen molar-refractivity contribution in [2.45, 2.75) is 81.3 Å². The number of nitrogens with zero attached hydrogens (tertiary/aromatic N) is 1. The minimum Gasteiger partial charge on any atom is -0.493 e. The van der Waals surface area contributed by atoms with Crippen LogP contribution < -0.4 is 20.1 Å². The number of esters is 2. The molecule has 43 heavy (non-hydrogen) atoms. The number of aliphatic hydroxyl groups excluding tert-OH is 2. The van der Waals surface area contributed by atoms with E-state index >= 15 is 0 Å². The zero-order valence-electron chi connectivity index (χ0n) is 24.8. The first kappa shape index (κ1) is 30.8. The fourth-order valence-electron chi connectivity index (χ4n) is 7.06. The van der Waals surface area contributed by atoms with Gasteiger partial charge in [0.05, 0.1) is 31.4 Å². The molecule has 5 rings (SSSR count). The van der Waals surface area contributed by atoms with Gasteiger partial charge in [-0.25, -0.2) is 0 Å². The second kappa shape index (κ2) is 11.8. The first-order valence-corrected chi connectivity index (χ1v) is 14.6. The van der Waals surface area contributed by atoms with Crippen molar-refractivity contribution in [2.75, 3.05) is 33.8 Å². The number of ether oxygens (including phenoxy) is 4. The molecule has 2 heterocycles. The number of amides is 2. The number of rotatable bonds is 11. The van der Waals surface area contributed by atoms with E-state index in [1.54, 1.807) is 13.2 Å². The Balaban J connectivity index is 1.48. The van der Waals surface area contributed by atoms with Gasteiger partial charge in [0.2, 0.25) is 11.8 Å². The second-order valence-corrected chi connectivity index (χ2v) is 11.6. The molecule has 2 aliphatic carbocycles. The maximum atomic E-state index is 13.4. The van der Waals surface area contributed by atoms with Crippen molar-refractivity contribution in [3.8, 4) is 11.5 Å². The molecule has 1 fully saturated rings. The summed E-state index contributed by atoms with van der Waals surface area (Å²) >= 11 is 0. The van der Waals surface area contributed by atoms with Gasteiger partial charge in [-0.3, -0.25) is 24.1 Å². The monoisotopic (exact) mass is 601 g/mol. The van der Waals surface area contributed by atoms with Crippen LogP contribution in [0.15, 0.2) is 24.0 Å². The molecule has 1 aromatic carbocycles. The standard InChI is InChI=1S/C30H39N3O10/c1-16(34)27(38)31-12-8-22(36)41-20-7-10-30(43-23(37)9-13-32-28(39)17(2)35)21-15-18-5-6-19(40-4)25-24(18)29(30,26(20)42-25)11-14-33(21)3/h5-7,16-17,21,26,34-35H,8-15H2,1-4H3,(H,31,38)(H,32,39)/t16-,17-,21+,26?,29?,30+/m0/s1. The Morgan fingerprint density at radius 1 is 1.07 bits per heavy atom. The normalized spacial score (nSPS) is 27.9. The summed E-state index contributed by atoms with van der Waals surface area (Å²) in [6.07, 6.45) is -0.262. The predicted octanol–water partition coefficient (Wildman–Crippen LogP) is -0.159. The number of methoxy groups -OCH3 is 1. The molecule has 0 saturated carbocycles. The average Bonchev–Trinajstić information content (AvgIpc) is 3.32. The summed E-state index contributed by atoms with van der Waals surface area (Å²) in [4.78, 5) is 52.0. The van der Waals surface area contributed by atoms with E-state index < -0.39 is 53.1 Å². The quantitative estimate of drug-likeness (QED) is 0.248. The van der Waals surface area contributed by atoms with Gasteiger partial charge in [-0.15, -0.1) is 0 Å². The lowest BCUT2D eigenvalue weighted by molar-refractivity contribution is -0.206. The molecule has 1 saturated heterocycles. The van der Waals surface area contributed by atoms with Crippen LogP contribution in [0.1, 0.15) is 50.7 Å². The number of nitrogens with one attached hydrogen (secondary N) is 2. The lowest BCUT2D eigenvalue weighted by Crippen LogP contribution is -2.75. The highest BCUT2D eigenvalue weighted by Gasteiger charge is 2.74. The third kappa shape index (κ3) is 5.12. The van der Waals surface area contributed by atoms with Gasteiger partial charge in [0.25, 0.3) is 0 Å². The van der Waals surface area contributed by atoms with E-state index in [1.807, 2.05) is 19.2 Å². The molecule has 13 heteroatoms. The number of hydrogen-bond donors (Lipinski definition) is 4. The first-order chi connectivity index (χ1) is 20.4. The van der Waals surface area contributed by atoms with Crippen LogP contribution in [0.3, 0.4) is 0 Å². The van der Waals surface area contributed by atoms with E-state index in [-0.39, 0.29) is 38.4 Å². The summed E-state index contributed by atoms with van der Waals surface area (Å²) in [6.45, 7) is 3.35. The Kier molecular flexibility index (Phi) is 8.43. The lowest BCUT2D eigenvalue weighted by atomic mass is 9.50. The van der Waals surface area contributed by atoms with Gasteiger partial charge in [0, 0.05) is 25.1 Å². The van der Waals surface area contributed by atoms with Gasteiger partial charge in [-0.2, -0.15) is 0 Å². The molecule has 1 aromatic rings. The highest BCUT2D eigenvalue weighted by Crippen LogP contribution is 2.66. The predicted molar refractivity (Wildman–Crippen MR) is 150 cm³/mol. The number of carbonyl (C=O) groups excluding carboxylic acids is 4. The van der Waals surface area contributed by atoms with Crippen molar-refractivity contribution < 1.29 is 48.3 Å². The molecule has 2 bridgehead atoms. The van der Waals surface area contributed by atoms with Crippen LogP contribution in [0.25, 0.3) is 0 Å². The Morgan fingerprint density at radius 2 is 1.72 bits per heavy atom. The summed E-state index contributed by atoms with van der Waals surface area (Å²) in [7, 11) is 3.55. The Hall–Kier alpha value is -3.68. The smallest absolute Gasteiger partial charge is 0.312 e. The van der Waals surface area contributed by atoms with E-state index in [0.29, 0.717) is 36.6 Å². The largest absolute Gasteiger partial charge is 0.493 e. The third-order valence-corrected chi connectivity index (χ3v) is 9.06. The van der Waals surface area contributed by atoms with Crippen molar-refractivity contribution in [1.82, 2.24) is 15.5 Å². The summed E-state index contributed by atoms with van der Waals surface area (Å²) < 4.78 is 24.6. The minimum absolute atomic E-state index is 0.00599. The molecule has 0 radical (unpaired) electrons. The third-order valence-electron chi connectivity index (χ3n) is 9.06. The first-order valence-electron chi connectivity index (χ1n) is 14.6. The molecule has 1 spiro atoms. The van der Waals surface area contributed by atoms with Crippen LogP contribution in [-0.2, 0) is 40.5 Å². The number of hydrogen-bond acceptors (Lipinski definition) is 11. The van der Waals surface area contributed by atoms with E-state index in [0.717, 1.165) is 11.1 Å².